The standard InChI is InChI=1S/C23H18ClN3O3/c24-21-7-3-4-14(26-21)12-27-18-6-2-1-5-15(18)23(22(27)28)13-30-19-11-20-17(10-16(19)23)25-8-9-29-20/h1-7,10-11,25H,8-9,12-13H2. The maximum absolute atomic E-state index is 13.9. The fraction of sp³-hybridized carbons (Fsp3) is 0.217. The molecule has 1 atom stereocenters. The van der Waals surface area contributed by atoms with Gasteiger partial charge in [-0.15, -0.1) is 0 Å². The molecular formula is C23H18ClN3O3. The second-order valence-electron chi connectivity index (χ2n) is 7.67. The van der Waals surface area contributed by atoms with Gasteiger partial charge in [-0.2, -0.15) is 0 Å². The van der Waals surface area contributed by atoms with Crippen LogP contribution in [0.4, 0.5) is 11.4 Å². The average molecular weight is 420 g/mol. The van der Waals surface area contributed by atoms with Crippen LogP contribution in [0, 0.1) is 0 Å². The summed E-state index contributed by atoms with van der Waals surface area (Å²) in [5.41, 5.74) is 3.46. The average Bonchev–Trinajstić information content (AvgIpc) is 3.25. The minimum atomic E-state index is -0.876. The Kier molecular flexibility index (Phi) is 3.74. The molecule has 0 aliphatic carbocycles. The lowest BCUT2D eigenvalue weighted by Crippen LogP contribution is -2.42. The van der Waals surface area contributed by atoms with Gasteiger partial charge in [0, 0.05) is 23.9 Å². The van der Waals surface area contributed by atoms with E-state index in [4.69, 9.17) is 21.1 Å². The summed E-state index contributed by atoms with van der Waals surface area (Å²) in [5.74, 6) is 1.44. The molecule has 0 saturated carbocycles. The fourth-order valence-corrected chi connectivity index (χ4v) is 4.85. The monoisotopic (exact) mass is 419 g/mol. The van der Waals surface area contributed by atoms with Crippen molar-refractivity contribution < 1.29 is 14.3 Å². The molecule has 0 fully saturated rings. The highest BCUT2D eigenvalue weighted by Crippen LogP contribution is 2.54. The first kappa shape index (κ1) is 17.6. The zero-order valence-electron chi connectivity index (χ0n) is 16.0. The number of aromatic nitrogens is 1. The first-order valence-corrected chi connectivity index (χ1v) is 10.3. The van der Waals surface area contributed by atoms with Crippen molar-refractivity contribution in [3.05, 3.63) is 76.6 Å². The fourth-order valence-electron chi connectivity index (χ4n) is 4.66. The second kappa shape index (κ2) is 6.37. The molecule has 7 heteroatoms. The predicted octanol–water partition coefficient (Wildman–Crippen LogP) is 3.76. The van der Waals surface area contributed by atoms with Gasteiger partial charge in [0.05, 0.1) is 17.9 Å². The minimum Gasteiger partial charge on any atom is -0.491 e. The molecule has 4 heterocycles. The predicted molar refractivity (Wildman–Crippen MR) is 114 cm³/mol. The second-order valence-corrected chi connectivity index (χ2v) is 8.06. The van der Waals surface area contributed by atoms with Crippen molar-refractivity contribution in [2.75, 3.05) is 30.0 Å². The van der Waals surface area contributed by atoms with Crippen molar-refractivity contribution in [1.82, 2.24) is 4.98 Å². The zero-order valence-corrected chi connectivity index (χ0v) is 16.8. The van der Waals surface area contributed by atoms with Gasteiger partial charge in [-0.05, 0) is 29.8 Å². The Bertz CT molecular complexity index is 1200. The van der Waals surface area contributed by atoms with E-state index in [1.807, 2.05) is 48.5 Å². The number of nitrogens with one attached hydrogen (secondary N) is 1. The number of carbonyl (C=O) groups is 1. The van der Waals surface area contributed by atoms with E-state index in [0.717, 1.165) is 40.5 Å². The molecule has 3 aliphatic rings. The van der Waals surface area contributed by atoms with Crippen LogP contribution in [0.3, 0.4) is 0 Å². The maximum Gasteiger partial charge on any atom is 0.246 e. The Hall–Kier alpha value is -3.25. The van der Waals surface area contributed by atoms with Crippen LogP contribution in [-0.4, -0.2) is 30.6 Å². The molecule has 1 unspecified atom stereocenters. The number of halogens is 1. The highest BCUT2D eigenvalue weighted by atomic mass is 35.5. The van der Waals surface area contributed by atoms with Crippen molar-refractivity contribution in [3.63, 3.8) is 0 Å². The number of hydrogen-bond acceptors (Lipinski definition) is 5. The van der Waals surface area contributed by atoms with E-state index in [1.54, 1.807) is 11.0 Å². The number of amides is 1. The van der Waals surface area contributed by atoms with Crippen molar-refractivity contribution in [2.45, 2.75) is 12.0 Å². The largest absolute Gasteiger partial charge is 0.491 e. The number of benzene rings is 2. The van der Waals surface area contributed by atoms with Gasteiger partial charge in [0.25, 0.3) is 0 Å². The highest BCUT2D eigenvalue weighted by Gasteiger charge is 2.57. The third kappa shape index (κ3) is 2.37. The molecule has 1 spiro atoms. The Balaban J connectivity index is 1.49. The number of nitrogens with zero attached hydrogens (tertiary/aromatic N) is 2. The van der Waals surface area contributed by atoms with E-state index in [0.29, 0.717) is 24.1 Å². The Morgan fingerprint density at radius 3 is 2.87 bits per heavy atom. The van der Waals surface area contributed by atoms with Gasteiger partial charge >= 0.3 is 0 Å². The molecule has 1 N–H and O–H groups in total. The van der Waals surface area contributed by atoms with Gasteiger partial charge in [0.15, 0.2) is 0 Å². The summed E-state index contributed by atoms with van der Waals surface area (Å²) >= 11 is 6.07. The number of ether oxygens (including phenoxy) is 2. The summed E-state index contributed by atoms with van der Waals surface area (Å²) in [5, 5.41) is 3.78. The van der Waals surface area contributed by atoms with Crippen molar-refractivity contribution >= 4 is 28.9 Å². The minimum absolute atomic E-state index is 0.0131. The first-order valence-electron chi connectivity index (χ1n) is 9.88. The molecular weight excluding hydrogens is 402 g/mol. The third-order valence-electron chi connectivity index (χ3n) is 6.02. The Morgan fingerprint density at radius 1 is 1.07 bits per heavy atom. The van der Waals surface area contributed by atoms with Crippen LogP contribution >= 0.6 is 11.6 Å². The molecule has 6 nitrogen and oxygen atoms in total. The lowest BCUT2D eigenvalue weighted by Gasteiger charge is -2.25. The number of fused-ring (bicyclic) bond motifs is 5. The lowest BCUT2D eigenvalue weighted by molar-refractivity contribution is -0.122. The third-order valence-corrected chi connectivity index (χ3v) is 6.23. The van der Waals surface area contributed by atoms with Gasteiger partial charge in [0.2, 0.25) is 5.91 Å². The van der Waals surface area contributed by atoms with E-state index in [-0.39, 0.29) is 12.5 Å². The number of anilines is 2. The number of rotatable bonds is 2. The van der Waals surface area contributed by atoms with Crippen LogP contribution in [0.25, 0.3) is 0 Å². The normalized spacial score (nSPS) is 20.8. The van der Waals surface area contributed by atoms with Crippen LogP contribution in [0.5, 0.6) is 11.5 Å². The molecule has 1 amide bonds. The first-order chi connectivity index (χ1) is 14.7. The Labute approximate surface area is 178 Å². The maximum atomic E-state index is 13.9. The van der Waals surface area contributed by atoms with Gasteiger partial charge in [0.1, 0.15) is 35.3 Å². The van der Waals surface area contributed by atoms with Crippen LogP contribution in [0.1, 0.15) is 16.8 Å². The summed E-state index contributed by atoms with van der Waals surface area (Å²) in [7, 11) is 0. The van der Waals surface area contributed by atoms with Crippen LogP contribution in [0.15, 0.2) is 54.6 Å². The van der Waals surface area contributed by atoms with Crippen LogP contribution in [-0.2, 0) is 16.8 Å². The van der Waals surface area contributed by atoms with E-state index in [9.17, 15) is 4.79 Å². The van der Waals surface area contributed by atoms with Crippen molar-refractivity contribution in [1.29, 1.82) is 0 Å². The van der Waals surface area contributed by atoms with Gasteiger partial charge in [-0.3, -0.25) is 4.79 Å². The summed E-state index contributed by atoms with van der Waals surface area (Å²) in [4.78, 5) is 20.1. The molecule has 3 aromatic rings. The van der Waals surface area contributed by atoms with Gasteiger partial charge in [-0.25, -0.2) is 4.98 Å². The lowest BCUT2D eigenvalue weighted by atomic mass is 9.77. The van der Waals surface area contributed by atoms with Crippen LogP contribution < -0.4 is 19.7 Å². The topological polar surface area (TPSA) is 63.7 Å². The summed E-state index contributed by atoms with van der Waals surface area (Å²) in [6.07, 6.45) is 0. The van der Waals surface area contributed by atoms with E-state index in [2.05, 4.69) is 10.3 Å². The van der Waals surface area contributed by atoms with E-state index >= 15 is 0 Å². The highest BCUT2D eigenvalue weighted by molar-refractivity contribution is 6.29. The molecule has 0 saturated heterocycles. The van der Waals surface area contributed by atoms with Crippen LogP contribution in [0.2, 0.25) is 5.15 Å². The van der Waals surface area contributed by atoms with Gasteiger partial charge in [-0.1, -0.05) is 35.9 Å². The van der Waals surface area contributed by atoms with E-state index in [1.165, 1.54) is 0 Å². The molecule has 3 aliphatic heterocycles. The molecule has 0 bridgehead atoms. The molecule has 6 rings (SSSR count). The smallest absolute Gasteiger partial charge is 0.246 e. The quantitative estimate of drug-likeness (QED) is 0.641. The van der Waals surface area contributed by atoms with Gasteiger partial charge < -0.3 is 19.7 Å². The number of pyridine rings is 1. The molecule has 150 valence electrons. The number of hydrogen-bond donors (Lipinski definition) is 1. The molecule has 0 radical (unpaired) electrons. The molecule has 1 aromatic heterocycles. The summed E-state index contributed by atoms with van der Waals surface area (Å²) in [6.45, 7) is 1.95. The zero-order chi connectivity index (χ0) is 20.3. The number of carbonyl (C=O) groups excluding carboxylic acids is 1. The van der Waals surface area contributed by atoms with E-state index < -0.39 is 5.41 Å². The SMILES string of the molecule is O=C1N(Cc2cccc(Cl)n2)c2ccccc2C12COc1cc3c(cc12)NCCO3. The number of para-hydroxylation sites is 1. The Morgan fingerprint density at radius 2 is 1.97 bits per heavy atom. The molecule has 30 heavy (non-hydrogen) atoms. The van der Waals surface area contributed by atoms with Crippen molar-refractivity contribution in [3.8, 4) is 11.5 Å². The summed E-state index contributed by atoms with van der Waals surface area (Å²) in [6, 6.07) is 17.3. The summed E-state index contributed by atoms with van der Waals surface area (Å²) < 4.78 is 11.8. The van der Waals surface area contributed by atoms with Crippen molar-refractivity contribution in [2.24, 2.45) is 0 Å². The molecule has 2 aromatic carbocycles.